The summed E-state index contributed by atoms with van der Waals surface area (Å²) in [6.07, 6.45) is 9.05. The van der Waals surface area contributed by atoms with Crippen molar-refractivity contribution in [2.24, 2.45) is 0 Å². The number of aromatic nitrogens is 2. The molecule has 0 radical (unpaired) electrons. The molecule has 3 saturated heterocycles. The van der Waals surface area contributed by atoms with Crippen molar-refractivity contribution in [3.63, 3.8) is 0 Å². The van der Waals surface area contributed by atoms with Crippen LogP contribution in [0.1, 0.15) is 51.2 Å². The standard InChI is InChI=1S/C26H33N7O3/c1-16-11-24(32-31-16)29-23-14-22-21(8-3-9-27-22)25(30-23)28-17-12-18-5-2-6-19(13-17)33(18)26(34)36-15-20-7-4-10-35-20/h3-4,7-10,14,16-19,24,31-32H,2,5-6,11-13,15H2,1H3,(H2,28,29,30)/t16?,17?,18-,19+,24?. The van der Waals surface area contributed by atoms with Crippen molar-refractivity contribution in [3.05, 3.63) is 48.6 Å². The fraction of sp³-hybridized carbons (Fsp3) is 0.500. The number of fused-ring (bicyclic) bond motifs is 3. The maximum atomic E-state index is 13.0. The van der Waals surface area contributed by atoms with Gasteiger partial charge in [0.25, 0.3) is 0 Å². The number of ether oxygens (including phenoxy) is 1. The maximum Gasteiger partial charge on any atom is 0.410 e. The van der Waals surface area contributed by atoms with Crippen LogP contribution in [-0.4, -0.2) is 51.3 Å². The second-order valence-electron chi connectivity index (χ2n) is 10.1. The number of nitrogens with zero attached hydrogens (tertiary/aromatic N) is 3. The minimum absolute atomic E-state index is 0.108. The third kappa shape index (κ3) is 4.83. The number of hydrogen-bond donors (Lipinski definition) is 4. The van der Waals surface area contributed by atoms with Crippen molar-refractivity contribution in [2.75, 3.05) is 10.6 Å². The van der Waals surface area contributed by atoms with Crippen LogP contribution in [0.2, 0.25) is 0 Å². The van der Waals surface area contributed by atoms with Crippen LogP contribution < -0.4 is 21.5 Å². The average molecular weight is 492 g/mol. The molecule has 0 aromatic carbocycles. The molecule has 0 saturated carbocycles. The summed E-state index contributed by atoms with van der Waals surface area (Å²) < 4.78 is 10.9. The molecule has 3 aromatic rings. The van der Waals surface area contributed by atoms with Crippen LogP contribution in [0.4, 0.5) is 16.4 Å². The number of anilines is 2. The van der Waals surface area contributed by atoms with Crippen LogP contribution in [0.3, 0.4) is 0 Å². The third-order valence-electron chi connectivity index (χ3n) is 7.46. The van der Waals surface area contributed by atoms with Gasteiger partial charge in [-0.1, -0.05) is 0 Å². The van der Waals surface area contributed by atoms with E-state index in [1.54, 1.807) is 12.3 Å². The monoisotopic (exact) mass is 491 g/mol. The summed E-state index contributed by atoms with van der Waals surface area (Å²) in [7, 11) is 0. The molecule has 3 unspecified atom stereocenters. The van der Waals surface area contributed by atoms with Gasteiger partial charge in [-0.3, -0.25) is 10.4 Å². The van der Waals surface area contributed by atoms with E-state index in [1.165, 1.54) is 0 Å². The van der Waals surface area contributed by atoms with Crippen molar-refractivity contribution in [1.82, 2.24) is 25.7 Å². The van der Waals surface area contributed by atoms with Crippen molar-refractivity contribution in [1.29, 1.82) is 0 Å². The second-order valence-corrected chi connectivity index (χ2v) is 10.1. The summed E-state index contributed by atoms with van der Waals surface area (Å²) in [4.78, 5) is 24.5. The Morgan fingerprint density at radius 1 is 1.17 bits per heavy atom. The minimum Gasteiger partial charge on any atom is -0.466 e. The van der Waals surface area contributed by atoms with Crippen LogP contribution in [0, 0.1) is 0 Å². The van der Waals surface area contributed by atoms with Crippen LogP contribution in [0.5, 0.6) is 0 Å². The number of pyridine rings is 2. The topological polar surface area (TPSA) is 117 Å². The van der Waals surface area contributed by atoms with Crippen molar-refractivity contribution in [3.8, 4) is 0 Å². The zero-order valence-electron chi connectivity index (χ0n) is 20.4. The highest BCUT2D eigenvalue weighted by Crippen LogP contribution is 2.36. The molecule has 3 fully saturated rings. The SMILES string of the molecule is CC1CC(Nc2cc3ncccc3c(NC3C[C@H]4CCC[C@@H](C3)N4C(=O)OCc3ccco3)n2)NN1. The highest BCUT2D eigenvalue weighted by molar-refractivity contribution is 5.91. The molecule has 3 aromatic heterocycles. The molecule has 6 rings (SSSR count). The fourth-order valence-corrected chi connectivity index (χ4v) is 5.84. The largest absolute Gasteiger partial charge is 0.466 e. The zero-order valence-corrected chi connectivity index (χ0v) is 20.4. The predicted octanol–water partition coefficient (Wildman–Crippen LogP) is 3.98. The van der Waals surface area contributed by atoms with Crippen molar-refractivity contribution in [2.45, 2.75) is 82.4 Å². The first-order valence-corrected chi connectivity index (χ1v) is 12.9. The van der Waals surface area contributed by atoms with Crippen LogP contribution in [-0.2, 0) is 11.3 Å². The zero-order chi connectivity index (χ0) is 24.5. The van der Waals surface area contributed by atoms with E-state index in [1.807, 2.05) is 29.3 Å². The summed E-state index contributed by atoms with van der Waals surface area (Å²) in [5.74, 6) is 2.28. The molecule has 10 heteroatoms. The second kappa shape index (κ2) is 9.94. The first-order chi connectivity index (χ1) is 17.6. The highest BCUT2D eigenvalue weighted by atomic mass is 16.6. The molecule has 190 valence electrons. The highest BCUT2D eigenvalue weighted by Gasteiger charge is 2.42. The molecule has 4 N–H and O–H groups in total. The quantitative estimate of drug-likeness (QED) is 0.406. The van der Waals surface area contributed by atoms with Gasteiger partial charge in [-0.25, -0.2) is 15.2 Å². The first-order valence-electron chi connectivity index (χ1n) is 12.9. The van der Waals surface area contributed by atoms with Gasteiger partial charge < -0.3 is 24.7 Å². The summed E-state index contributed by atoms with van der Waals surface area (Å²) in [6.45, 7) is 2.31. The summed E-state index contributed by atoms with van der Waals surface area (Å²) in [6, 6.07) is 10.5. The number of rotatable bonds is 6. The Labute approximate surface area is 210 Å². The van der Waals surface area contributed by atoms with Gasteiger partial charge in [0.2, 0.25) is 0 Å². The van der Waals surface area contributed by atoms with Crippen LogP contribution in [0.15, 0.2) is 47.2 Å². The van der Waals surface area contributed by atoms with E-state index in [4.69, 9.17) is 14.1 Å². The Hall–Kier alpha value is -3.37. The third-order valence-corrected chi connectivity index (χ3v) is 7.46. The molecule has 3 aliphatic rings. The minimum atomic E-state index is -0.245. The lowest BCUT2D eigenvalue weighted by Crippen LogP contribution is -2.57. The number of nitrogens with one attached hydrogen (secondary N) is 4. The van der Waals surface area contributed by atoms with Gasteiger partial charge in [-0.15, -0.1) is 0 Å². The molecule has 5 atom stereocenters. The van der Waals surface area contributed by atoms with E-state index in [-0.39, 0.29) is 37.0 Å². The molecular weight excluding hydrogens is 458 g/mol. The number of furan rings is 1. The Balaban J connectivity index is 1.17. The normalized spacial score (nSPS) is 27.7. The van der Waals surface area contributed by atoms with E-state index < -0.39 is 0 Å². The summed E-state index contributed by atoms with van der Waals surface area (Å²) in [5, 5.41) is 8.21. The van der Waals surface area contributed by atoms with Crippen molar-refractivity contribution < 1.29 is 13.9 Å². The van der Waals surface area contributed by atoms with E-state index in [0.29, 0.717) is 11.8 Å². The van der Waals surface area contributed by atoms with Gasteiger partial charge >= 0.3 is 6.09 Å². The molecule has 10 nitrogen and oxygen atoms in total. The van der Waals surface area contributed by atoms with Gasteiger partial charge in [-0.2, -0.15) is 0 Å². The summed E-state index contributed by atoms with van der Waals surface area (Å²) in [5.41, 5.74) is 7.41. The van der Waals surface area contributed by atoms with E-state index in [9.17, 15) is 4.79 Å². The van der Waals surface area contributed by atoms with Gasteiger partial charge in [0.1, 0.15) is 17.4 Å². The fourth-order valence-electron chi connectivity index (χ4n) is 5.84. The first kappa shape index (κ1) is 23.1. The Bertz CT molecular complexity index is 1190. The van der Waals surface area contributed by atoms with E-state index in [2.05, 4.69) is 39.5 Å². The van der Waals surface area contributed by atoms with Gasteiger partial charge in [0.05, 0.1) is 17.9 Å². The van der Waals surface area contributed by atoms with E-state index in [0.717, 1.165) is 61.1 Å². The molecule has 6 heterocycles. The number of carbonyl (C=O) groups excluding carboxylic acids is 1. The van der Waals surface area contributed by atoms with E-state index >= 15 is 0 Å². The predicted molar refractivity (Wildman–Crippen MR) is 136 cm³/mol. The molecule has 36 heavy (non-hydrogen) atoms. The van der Waals surface area contributed by atoms with Gasteiger partial charge in [0, 0.05) is 41.8 Å². The maximum absolute atomic E-state index is 13.0. The summed E-state index contributed by atoms with van der Waals surface area (Å²) >= 11 is 0. The number of hydrazine groups is 1. The van der Waals surface area contributed by atoms with Crippen molar-refractivity contribution >= 4 is 28.6 Å². The van der Waals surface area contributed by atoms with Gasteiger partial charge in [-0.05, 0) is 69.7 Å². The number of carbonyl (C=O) groups is 1. The Morgan fingerprint density at radius 3 is 2.78 bits per heavy atom. The molecule has 0 spiro atoms. The molecular formula is C26H33N7O3. The van der Waals surface area contributed by atoms with Gasteiger partial charge in [0.15, 0.2) is 6.61 Å². The van der Waals surface area contributed by atoms with Crippen LogP contribution >= 0.6 is 0 Å². The average Bonchev–Trinajstić information content (AvgIpc) is 3.54. The Kier molecular flexibility index (Phi) is 6.37. The molecule has 1 amide bonds. The number of piperidine rings is 2. The number of hydrogen-bond acceptors (Lipinski definition) is 9. The lowest BCUT2D eigenvalue weighted by molar-refractivity contribution is 0.0142. The lowest BCUT2D eigenvalue weighted by atomic mass is 9.82. The molecule has 0 aliphatic carbocycles. The smallest absolute Gasteiger partial charge is 0.410 e. The molecule has 2 bridgehead atoms. The van der Waals surface area contributed by atoms with Crippen LogP contribution in [0.25, 0.3) is 10.9 Å². The number of amides is 1. The molecule has 3 aliphatic heterocycles. The lowest BCUT2D eigenvalue weighted by Gasteiger charge is -2.48. The Morgan fingerprint density at radius 2 is 2.03 bits per heavy atom.